The lowest BCUT2D eigenvalue weighted by molar-refractivity contribution is -0.117. The largest absolute Gasteiger partial charge is 0.497 e. The Labute approximate surface area is 148 Å². The highest BCUT2D eigenvalue weighted by atomic mass is 16.5. The van der Waals surface area contributed by atoms with E-state index in [1.807, 2.05) is 49.4 Å². The van der Waals surface area contributed by atoms with Gasteiger partial charge in [-0.1, -0.05) is 18.2 Å². The minimum absolute atomic E-state index is 0.123. The van der Waals surface area contributed by atoms with Gasteiger partial charge >= 0.3 is 0 Å². The third-order valence-electron chi connectivity index (χ3n) is 3.84. The fourth-order valence-electron chi connectivity index (χ4n) is 2.44. The highest BCUT2D eigenvalue weighted by Gasteiger charge is 2.10. The van der Waals surface area contributed by atoms with Gasteiger partial charge in [-0.25, -0.2) is 0 Å². The van der Waals surface area contributed by atoms with Crippen LogP contribution in [-0.4, -0.2) is 27.2 Å². The Morgan fingerprint density at radius 3 is 2.08 bits per heavy atom. The number of rotatable bonds is 7. The summed E-state index contributed by atoms with van der Waals surface area (Å²) in [5.41, 5.74) is 1.72. The van der Waals surface area contributed by atoms with E-state index < -0.39 is 0 Å². The number of amides is 1. The maximum atomic E-state index is 12.2. The predicted molar refractivity (Wildman–Crippen MR) is 98.1 cm³/mol. The van der Waals surface area contributed by atoms with Crippen LogP contribution < -0.4 is 19.5 Å². The second-order valence-electron chi connectivity index (χ2n) is 5.41. The summed E-state index contributed by atoms with van der Waals surface area (Å²) in [5, 5.41) is 2.93. The van der Waals surface area contributed by atoms with Crippen molar-refractivity contribution in [1.29, 1.82) is 0 Å². The zero-order chi connectivity index (χ0) is 18.2. The number of hydrogen-bond acceptors (Lipinski definition) is 4. The Morgan fingerprint density at radius 1 is 0.960 bits per heavy atom. The van der Waals surface area contributed by atoms with Gasteiger partial charge in [0.25, 0.3) is 0 Å². The first kappa shape index (κ1) is 18.4. The monoisotopic (exact) mass is 341 g/mol. The molecule has 0 aliphatic carbocycles. The quantitative estimate of drug-likeness (QED) is 0.782. The Bertz CT molecular complexity index is 716. The van der Waals surface area contributed by atoms with Gasteiger partial charge in [0.2, 0.25) is 5.91 Å². The van der Waals surface area contributed by atoms with Gasteiger partial charge in [-0.3, -0.25) is 4.79 Å². The summed E-state index contributed by atoms with van der Waals surface area (Å²) in [6.07, 6.45) is 3.16. The molecule has 0 radical (unpaired) electrons. The average molecular weight is 341 g/mol. The third kappa shape index (κ3) is 4.76. The molecule has 0 heterocycles. The molecule has 2 aromatic rings. The first-order valence-electron chi connectivity index (χ1n) is 7.92. The Balaban J connectivity index is 2.07. The smallest absolute Gasteiger partial charge is 0.244 e. The number of hydrogen-bond donors (Lipinski definition) is 1. The van der Waals surface area contributed by atoms with E-state index in [0.717, 1.165) is 16.9 Å². The van der Waals surface area contributed by atoms with Crippen LogP contribution in [0.4, 0.5) is 0 Å². The molecular weight excluding hydrogens is 318 g/mol. The normalized spacial score (nSPS) is 11.8. The van der Waals surface area contributed by atoms with Crippen LogP contribution in [0, 0.1) is 0 Å². The molecule has 0 aromatic heterocycles. The van der Waals surface area contributed by atoms with E-state index in [0.29, 0.717) is 11.5 Å². The van der Waals surface area contributed by atoms with E-state index in [9.17, 15) is 4.79 Å². The highest BCUT2D eigenvalue weighted by molar-refractivity contribution is 5.92. The van der Waals surface area contributed by atoms with Gasteiger partial charge in [0.05, 0.1) is 32.9 Å². The van der Waals surface area contributed by atoms with E-state index in [-0.39, 0.29) is 11.9 Å². The fraction of sp³-hybridized carbons (Fsp3) is 0.250. The van der Waals surface area contributed by atoms with E-state index in [4.69, 9.17) is 14.2 Å². The topological polar surface area (TPSA) is 56.8 Å². The standard InChI is InChI=1S/C20H23NO4/c1-14(15-8-10-16(23-2)11-9-15)21-20(22)13-12-17-18(24-3)6-5-7-19(17)25-4/h5-14H,1-4H3,(H,21,22)/b13-12+/t14-/m1/s1. The molecule has 132 valence electrons. The lowest BCUT2D eigenvalue weighted by atomic mass is 10.1. The van der Waals surface area contributed by atoms with Crippen molar-refractivity contribution < 1.29 is 19.0 Å². The van der Waals surface area contributed by atoms with Crippen molar-refractivity contribution in [1.82, 2.24) is 5.32 Å². The Kier molecular flexibility index (Phi) is 6.46. The number of nitrogens with one attached hydrogen (secondary N) is 1. The van der Waals surface area contributed by atoms with Crippen molar-refractivity contribution in [3.63, 3.8) is 0 Å². The molecule has 0 fully saturated rings. The van der Waals surface area contributed by atoms with Gasteiger partial charge in [-0.15, -0.1) is 0 Å². The second kappa shape index (κ2) is 8.78. The van der Waals surface area contributed by atoms with Crippen molar-refractivity contribution in [3.05, 3.63) is 59.7 Å². The third-order valence-corrected chi connectivity index (χ3v) is 3.84. The number of carbonyl (C=O) groups is 1. The minimum Gasteiger partial charge on any atom is -0.497 e. The van der Waals surface area contributed by atoms with E-state index in [1.54, 1.807) is 27.4 Å². The van der Waals surface area contributed by atoms with Crippen molar-refractivity contribution in [2.24, 2.45) is 0 Å². The number of carbonyl (C=O) groups excluding carboxylic acids is 1. The number of ether oxygens (including phenoxy) is 3. The molecule has 0 spiro atoms. The molecule has 5 nitrogen and oxygen atoms in total. The fourth-order valence-corrected chi connectivity index (χ4v) is 2.44. The maximum absolute atomic E-state index is 12.2. The molecule has 1 amide bonds. The summed E-state index contributed by atoms with van der Waals surface area (Å²) < 4.78 is 15.8. The molecule has 0 aliphatic heterocycles. The first-order chi connectivity index (χ1) is 12.1. The molecule has 0 bridgehead atoms. The van der Waals surface area contributed by atoms with Gasteiger partial charge in [0.1, 0.15) is 17.2 Å². The molecule has 5 heteroatoms. The van der Waals surface area contributed by atoms with Gasteiger partial charge in [-0.2, -0.15) is 0 Å². The molecule has 25 heavy (non-hydrogen) atoms. The Hall–Kier alpha value is -2.95. The van der Waals surface area contributed by atoms with Gasteiger partial charge in [-0.05, 0) is 42.8 Å². The highest BCUT2D eigenvalue weighted by Crippen LogP contribution is 2.29. The predicted octanol–water partition coefficient (Wildman–Crippen LogP) is 3.60. The molecule has 2 rings (SSSR count). The maximum Gasteiger partial charge on any atom is 0.244 e. The van der Waals surface area contributed by atoms with Crippen molar-refractivity contribution in [3.8, 4) is 17.2 Å². The van der Waals surface area contributed by atoms with E-state index in [2.05, 4.69) is 5.32 Å². The summed E-state index contributed by atoms with van der Waals surface area (Å²) >= 11 is 0. The second-order valence-corrected chi connectivity index (χ2v) is 5.41. The number of methoxy groups -OCH3 is 3. The van der Waals surface area contributed by atoms with Crippen LogP contribution in [-0.2, 0) is 4.79 Å². The molecule has 0 aliphatic rings. The molecule has 2 aromatic carbocycles. The van der Waals surface area contributed by atoms with Crippen molar-refractivity contribution >= 4 is 12.0 Å². The molecule has 0 saturated heterocycles. The summed E-state index contributed by atoms with van der Waals surface area (Å²) in [7, 11) is 4.78. The molecule has 1 atom stereocenters. The van der Waals surface area contributed by atoms with E-state index in [1.165, 1.54) is 6.08 Å². The summed E-state index contributed by atoms with van der Waals surface area (Å²) in [4.78, 5) is 12.2. The lowest BCUT2D eigenvalue weighted by Crippen LogP contribution is -2.24. The molecule has 0 saturated carbocycles. The summed E-state index contributed by atoms with van der Waals surface area (Å²) in [6.45, 7) is 1.93. The van der Waals surface area contributed by atoms with Crippen molar-refractivity contribution in [2.45, 2.75) is 13.0 Å². The zero-order valence-electron chi connectivity index (χ0n) is 14.9. The van der Waals surface area contributed by atoms with Crippen LogP contribution >= 0.6 is 0 Å². The average Bonchev–Trinajstić information content (AvgIpc) is 2.65. The SMILES string of the molecule is COc1ccc([C@@H](C)NC(=O)/C=C/c2c(OC)cccc2OC)cc1. The summed E-state index contributed by atoms with van der Waals surface area (Å²) in [5.74, 6) is 1.87. The van der Waals surface area contributed by atoms with Crippen LogP contribution in [0.3, 0.4) is 0 Å². The molecule has 1 N–H and O–H groups in total. The molecular formula is C20H23NO4. The van der Waals surface area contributed by atoms with Crippen LogP contribution in [0.25, 0.3) is 6.08 Å². The Morgan fingerprint density at radius 2 is 1.56 bits per heavy atom. The van der Waals surface area contributed by atoms with Crippen LogP contribution in [0.2, 0.25) is 0 Å². The zero-order valence-corrected chi connectivity index (χ0v) is 14.9. The van der Waals surface area contributed by atoms with Crippen LogP contribution in [0.15, 0.2) is 48.5 Å². The number of benzene rings is 2. The molecule has 0 unspecified atom stereocenters. The van der Waals surface area contributed by atoms with Crippen LogP contribution in [0.5, 0.6) is 17.2 Å². The van der Waals surface area contributed by atoms with Crippen molar-refractivity contribution in [2.75, 3.05) is 21.3 Å². The van der Waals surface area contributed by atoms with Gasteiger partial charge in [0.15, 0.2) is 0 Å². The van der Waals surface area contributed by atoms with Crippen LogP contribution in [0.1, 0.15) is 24.1 Å². The van der Waals surface area contributed by atoms with Gasteiger partial charge < -0.3 is 19.5 Å². The summed E-state index contributed by atoms with van der Waals surface area (Å²) in [6, 6.07) is 12.9. The minimum atomic E-state index is -0.198. The lowest BCUT2D eigenvalue weighted by Gasteiger charge is -2.14. The first-order valence-corrected chi connectivity index (χ1v) is 7.92. The van der Waals surface area contributed by atoms with Gasteiger partial charge in [0, 0.05) is 6.08 Å². The van der Waals surface area contributed by atoms with E-state index >= 15 is 0 Å².